The topological polar surface area (TPSA) is 39.2 Å². The molecule has 0 aliphatic carbocycles. The standard InChI is InChI=1S/C12H12BrNO/c1-7-5-10(13)9(6-11(7)14)12-4-3-8(2)15-12/h3-6H,14H2,1-2H3. The van der Waals surface area contributed by atoms with E-state index in [0.717, 1.165) is 32.8 Å². The van der Waals surface area contributed by atoms with Crippen molar-refractivity contribution in [1.29, 1.82) is 0 Å². The predicted molar refractivity (Wildman–Crippen MR) is 65.7 cm³/mol. The van der Waals surface area contributed by atoms with E-state index in [0.29, 0.717) is 0 Å². The maximum Gasteiger partial charge on any atom is 0.135 e. The summed E-state index contributed by atoms with van der Waals surface area (Å²) >= 11 is 3.51. The summed E-state index contributed by atoms with van der Waals surface area (Å²) in [6.45, 7) is 3.91. The lowest BCUT2D eigenvalue weighted by Crippen LogP contribution is -1.90. The van der Waals surface area contributed by atoms with Crippen LogP contribution in [-0.4, -0.2) is 0 Å². The summed E-state index contributed by atoms with van der Waals surface area (Å²) in [4.78, 5) is 0. The molecule has 0 unspecified atom stereocenters. The van der Waals surface area contributed by atoms with E-state index in [1.807, 2.05) is 38.1 Å². The molecule has 0 bridgehead atoms. The Hall–Kier alpha value is -1.22. The number of aryl methyl sites for hydroxylation is 2. The fraction of sp³-hybridized carbons (Fsp3) is 0.167. The van der Waals surface area contributed by atoms with Crippen molar-refractivity contribution < 1.29 is 4.42 Å². The second-order valence-corrected chi connectivity index (χ2v) is 4.45. The molecule has 1 aromatic carbocycles. The fourth-order valence-electron chi connectivity index (χ4n) is 1.46. The van der Waals surface area contributed by atoms with E-state index < -0.39 is 0 Å². The molecule has 0 saturated carbocycles. The average Bonchev–Trinajstić information content (AvgIpc) is 2.58. The Kier molecular flexibility index (Phi) is 2.57. The molecular formula is C12H12BrNO. The molecule has 15 heavy (non-hydrogen) atoms. The maximum absolute atomic E-state index is 5.87. The van der Waals surface area contributed by atoms with Crippen LogP contribution in [-0.2, 0) is 0 Å². The van der Waals surface area contributed by atoms with Crippen molar-refractivity contribution in [2.75, 3.05) is 5.73 Å². The number of hydrogen-bond acceptors (Lipinski definition) is 2. The first kappa shape index (κ1) is 10.3. The van der Waals surface area contributed by atoms with Crippen molar-refractivity contribution in [2.45, 2.75) is 13.8 Å². The summed E-state index contributed by atoms with van der Waals surface area (Å²) in [5, 5.41) is 0. The Morgan fingerprint density at radius 1 is 1.20 bits per heavy atom. The van der Waals surface area contributed by atoms with E-state index in [9.17, 15) is 0 Å². The molecule has 2 rings (SSSR count). The molecule has 3 heteroatoms. The molecule has 1 heterocycles. The van der Waals surface area contributed by atoms with Crippen LogP contribution >= 0.6 is 15.9 Å². The van der Waals surface area contributed by atoms with Crippen molar-refractivity contribution in [3.63, 3.8) is 0 Å². The van der Waals surface area contributed by atoms with Crippen LogP contribution in [0.15, 0.2) is 33.2 Å². The van der Waals surface area contributed by atoms with Gasteiger partial charge in [-0.3, -0.25) is 0 Å². The molecule has 0 aliphatic rings. The highest BCUT2D eigenvalue weighted by atomic mass is 79.9. The maximum atomic E-state index is 5.87. The Morgan fingerprint density at radius 3 is 2.53 bits per heavy atom. The monoisotopic (exact) mass is 265 g/mol. The number of nitrogen functional groups attached to an aromatic ring is 1. The van der Waals surface area contributed by atoms with Gasteiger partial charge in [0.25, 0.3) is 0 Å². The second-order valence-electron chi connectivity index (χ2n) is 3.60. The molecule has 0 fully saturated rings. The van der Waals surface area contributed by atoms with Gasteiger partial charge in [0.2, 0.25) is 0 Å². The average molecular weight is 266 g/mol. The van der Waals surface area contributed by atoms with Gasteiger partial charge in [0.1, 0.15) is 11.5 Å². The number of halogens is 1. The summed E-state index contributed by atoms with van der Waals surface area (Å²) in [6.07, 6.45) is 0. The molecule has 2 nitrogen and oxygen atoms in total. The van der Waals surface area contributed by atoms with E-state index in [1.54, 1.807) is 0 Å². The summed E-state index contributed by atoms with van der Waals surface area (Å²) in [5.74, 6) is 1.74. The van der Waals surface area contributed by atoms with Crippen LogP contribution in [0.5, 0.6) is 0 Å². The Bertz CT molecular complexity index is 502. The SMILES string of the molecule is Cc1ccc(-c2cc(N)c(C)cc2Br)o1. The molecule has 2 aromatic rings. The molecule has 0 atom stereocenters. The van der Waals surface area contributed by atoms with E-state index in [4.69, 9.17) is 10.2 Å². The van der Waals surface area contributed by atoms with Gasteiger partial charge in [-0.1, -0.05) is 15.9 Å². The highest BCUT2D eigenvalue weighted by Gasteiger charge is 2.09. The van der Waals surface area contributed by atoms with E-state index in [1.165, 1.54) is 0 Å². The van der Waals surface area contributed by atoms with Gasteiger partial charge in [-0.2, -0.15) is 0 Å². The third kappa shape index (κ3) is 1.92. The Morgan fingerprint density at radius 2 is 1.93 bits per heavy atom. The summed E-state index contributed by atoms with van der Waals surface area (Å²) < 4.78 is 6.56. The van der Waals surface area contributed by atoms with Crippen molar-refractivity contribution in [2.24, 2.45) is 0 Å². The summed E-state index contributed by atoms with van der Waals surface area (Å²) in [6, 6.07) is 7.82. The van der Waals surface area contributed by atoms with Gasteiger partial charge in [0, 0.05) is 15.7 Å². The van der Waals surface area contributed by atoms with Crippen LogP contribution < -0.4 is 5.73 Å². The number of furan rings is 1. The molecule has 0 aliphatic heterocycles. The lowest BCUT2D eigenvalue weighted by atomic mass is 10.1. The van der Waals surface area contributed by atoms with E-state index >= 15 is 0 Å². The highest BCUT2D eigenvalue weighted by Crippen LogP contribution is 2.32. The summed E-state index contributed by atoms with van der Waals surface area (Å²) in [5.41, 5.74) is 8.71. The normalized spacial score (nSPS) is 10.6. The molecule has 0 radical (unpaired) electrons. The van der Waals surface area contributed by atoms with Gasteiger partial charge < -0.3 is 10.2 Å². The van der Waals surface area contributed by atoms with E-state index in [-0.39, 0.29) is 0 Å². The van der Waals surface area contributed by atoms with Crippen LogP contribution in [0.3, 0.4) is 0 Å². The van der Waals surface area contributed by atoms with Gasteiger partial charge in [0.05, 0.1) is 0 Å². The first-order valence-electron chi connectivity index (χ1n) is 4.70. The zero-order chi connectivity index (χ0) is 11.0. The Balaban J connectivity index is 2.58. The lowest BCUT2D eigenvalue weighted by Gasteiger charge is -2.05. The number of hydrogen-bond donors (Lipinski definition) is 1. The molecule has 78 valence electrons. The first-order chi connectivity index (χ1) is 7.08. The third-order valence-corrected chi connectivity index (χ3v) is 3.02. The minimum absolute atomic E-state index is 0.780. The van der Waals surface area contributed by atoms with Crippen LogP contribution in [0.25, 0.3) is 11.3 Å². The highest BCUT2D eigenvalue weighted by molar-refractivity contribution is 9.10. The van der Waals surface area contributed by atoms with Crippen LogP contribution in [0.2, 0.25) is 0 Å². The molecule has 0 saturated heterocycles. The van der Waals surface area contributed by atoms with Gasteiger partial charge in [-0.15, -0.1) is 0 Å². The largest absolute Gasteiger partial charge is 0.461 e. The smallest absolute Gasteiger partial charge is 0.135 e. The van der Waals surface area contributed by atoms with Gasteiger partial charge >= 0.3 is 0 Å². The van der Waals surface area contributed by atoms with Gasteiger partial charge in [-0.05, 0) is 43.7 Å². The molecule has 0 spiro atoms. The number of nitrogens with two attached hydrogens (primary N) is 1. The van der Waals surface area contributed by atoms with Crippen molar-refractivity contribution in [3.8, 4) is 11.3 Å². The van der Waals surface area contributed by atoms with Crippen molar-refractivity contribution in [3.05, 3.63) is 40.1 Å². The minimum atomic E-state index is 0.780. The number of anilines is 1. The van der Waals surface area contributed by atoms with Crippen molar-refractivity contribution >= 4 is 21.6 Å². The van der Waals surface area contributed by atoms with Crippen molar-refractivity contribution in [1.82, 2.24) is 0 Å². The van der Waals surface area contributed by atoms with E-state index in [2.05, 4.69) is 15.9 Å². The zero-order valence-corrected chi connectivity index (χ0v) is 10.3. The molecular weight excluding hydrogens is 254 g/mol. The Labute approximate surface area is 97.2 Å². The fourth-order valence-corrected chi connectivity index (χ4v) is 2.11. The quantitative estimate of drug-likeness (QED) is 0.795. The summed E-state index contributed by atoms with van der Waals surface area (Å²) in [7, 11) is 0. The first-order valence-corrected chi connectivity index (χ1v) is 5.49. The lowest BCUT2D eigenvalue weighted by molar-refractivity contribution is 0.548. The zero-order valence-electron chi connectivity index (χ0n) is 8.67. The van der Waals surface area contributed by atoms with Crippen LogP contribution in [0, 0.1) is 13.8 Å². The number of rotatable bonds is 1. The second kappa shape index (κ2) is 3.74. The molecule has 2 N–H and O–H groups in total. The van der Waals surface area contributed by atoms with Crippen LogP contribution in [0.4, 0.5) is 5.69 Å². The molecule has 0 amide bonds. The molecule has 1 aromatic heterocycles. The predicted octanol–water partition coefficient (Wildman–Crippen LogP) is 3.91. The minimum Gasteiger partial charge on any atom is -0.461 e. The van der Waals surface area contributed by atoms with Crippen LogP contribution in [0.1, 0.15) is 11.3 Å². The van der Waals surface area contributed by atoms with Gasteiger partial charge in [0.15, 0.2) is 0 Å². The third-order valence-electron chi connectivity index (χ3n) is 2.36. The van der Waals surface area contributed by atoms with Gasteiger partial charge in [-0.25, -0.2) is 0 Å². The number of benzene rings is 1.